The fourth-order valence-electron chi connectivity index (χ4n) is 4.74. The third kappa shape index (κ3) is 6.01. The topological polar surface area (TPSA) is 98.6 Å². The fourth-order valence-corrected chi connectivity index (χ4v) is 5.25. The van der Waals surface area contributed by atoms with Gasteiger partial charge in [0.2, 0.25) is 0 Å². The highest BCUT2D eigenvalue weighted by Crippen LogP contribution is 2.36. The van der Waals surface area contributed by atoms with E-state index in [1.807, 2.05) is 31.2 Å². The Hall–Kier alpha value is -5.02. The zero-order valence-electron chi connectivity index (χ0n) is 23.7. The van der Waals surface area contributed by atoms with Crippen LogP contribution in [0.1, 0.15) is 25.3 Å². The molecular weight excluding hydrogens is 540 g/mol. The predicted octanol–water partition coefficient (Wildman–Crippen LogP) is 9.96. The van der Waals surface area contributed by atoms with Crippen molar-refractivity contribution in [3.8, 4) is 0 Å². The maximum absolute atomic E-state index is 4.25. The number of anilines is 5. The number of nitrogens with zero attached hydrogens (tertiary/aromatic N) is 4. The van der Waals surface area contributed by atoms with Crippen molar-refractivity contribution < 1.29 is 0 Å². The summed E-state index contributed by atoms with van der Waals surface area (Å²) in [5.41, 5.74) is 12.6. The van der Waals surface area contributed by atoms with Crippen molar-refractivity contribution in [1.29, 1.82) is 0 Å². The Kier molecular flexibility index (Phi) is 7.91. The first-order chi connectivity index (χ1) is 20.6. The maximum atomic E-state index is 4.25. The van der Waals surface area contributed by atoms with Crippen LogP contribution in [0.4, 0.5) is 39.3 Å². The Morgan fingerprint density at radius 2 is 1.24 bits per heavy atom. The molecular formula is C33H32N8S. The minimum atomic E-state index is 0.407. The van der Waals surface area contributed by atoms with Gasteiger partial charge in [-0.15, -0.1) is 20.4 Å². The van der Waals surface area contributed by atoms with Crippen molar-refractivity contribution in [2.24, 2.45) is 10.2 Å². The lowest BCUT2D eigenvalue weighted by Gasteiger charge is -2.19. The van der Waals surface area contributed by atoms with Gasteiger partial charge in [0.15, 0.2) is 0 Å². The monoisotopic (exact) mass is 572 g/mol. The largest absolute Gasteiger partial charge is 0.382 e. The molecule has 0 bridgehead atoms. The number of hydrazine groups is 1. The highest BCUT2D eigenvalue weighted by Gasteiger charge is 2.11. The molecule has 1 aromatic heterocycles. The molecule has 0 aliphatic carbocycles. The molecule has 0 amide bonds. The number of aromatic nitrogens is 2. The van der Waals surface area contributed by atoms with Gasteiger partial charge >= 0.3 is 0 Å². The zero-order chi connectivity index (χ0) is 28.9. The second-order valence-electron chi connectivity index (χ2n) is 10.1. The van der Waals surface area contributed by atoms with E-state index in [2.05, 4.69) is 129 Å². The minimum Gasteiger partial charge on any atom is -0.382 e. The van der Waals surface area contributed by atoms with Crippen LogP contribution in [0.2, 0.25) is 0 Å². The number of benzene rings is 5. The van der Waals surface area contributed by atoms with Gasteiger partial charge in [-0.1, -0.05) is 66.8 Å². The summed E-state index contributed by atoms with van der Waals surface area (Å²) in [5, 5.41) is 29.7. The van der Waals surface area contributed by atoms with Gasteiger partial charge in [0.05, 0.1) is 17.1 Å². The Morgan fingerprint density at radius 1 is 0.667 bits per heavy atom. The lowest BCUT2D eigenvalue weighted by molar-refractivity contribution is 0.765. The summed E-state index contributed by atoms with van der Waals surface area (Å²) in [7, 11) is 0. The van der Waals surface area contributed by atoms with Crippen LogP contribution in [-0.2, 0) is 0 Å². The van der Waals surface area contributed by atoms with Gasteiger partial charge < -0.3 is 21.5 Å². The van der Waals surface area contributed by atoms with Crippen molar-refractivity contribution in [1.82, 2.24) is 10.2 Å². The Bertz CT molecular complexity index is 1860. The first-order valence-electron chi connectivity index (χ1n) is 14.0. The average Bonchev–Trinajstić information content (AvgIpc) is 3.46. The van der Waals surface area contributed by atoms with Crippen molar-refractivity contribution in [2.45, 2.75) is 33.2 Å². The lowest BCUT2D eigenvalue weighted by Crippen LogP contribution is -2.13. The highest BCUT2D eigenvalue weighted by molar-refractivity contribution is 7.14. The summed E-state index contributed by atoms with van der Waals surface area (Å²) in [5.74, 6) is 0. The molecule has 0 fully saturated rings. The Labute approximate surface area is 248 Å². The van der Waals surface area contributed by atoms with E-state index in [4.69, 9.17) is 0 Å². The van der Waals surface area contributed by atoms with Crippen LogP contribution in [0.15, 0.2) is 107 Å². The fraction of sp³-hybridized carbons (Fsp3) is 0.152. The van der Waals surface area contributed by atoms with Crippen molar-refractivity contribution in [3.63, 3.8) is 0 Å². The second-order valence-corrected chi connectivity index (χ2v) is 11.3. The van der Waals surface area contributed by atoms with Crippen molar-refractivity contribution >= 4 is 72.1 Å². The van der Waals surface area contributed by atoms with E-state index >= 15 is 0 Å². The van der Waals surface area contributed by atoms with Crippen LogP contribution >= 0.6 is 11.3 Å². The molecule has 6 rings (SSSR count). The minimum absolute atomic E-state index is 0.407. The van der Waals surface area contributed by atoms with Crippen molar-refractivity contribution in [3.05, 3.63) is 102 Å². The average molecular weight is 573 g/mol. The van der Waals surface area contributed by atoms with Crippen molar-refractivity contribution in [2.75, 3.05) is 21.5 Å². The number of fused-ring (bicyclic) bond motifs is 2. The first kappa shape index (κ1) is 27.2. The lowest BCUT2D eigenvalue weighted by atomic mass is 10.0. The van der Waals surface area contributed by atoms with E-state index in [0.717, 1.165) is 56.3 Å². The summed E-state index contributed by atoms with van der Waals surface area (Å²) in [4.78, 5) is 0. The maximum Gasteiger partial charge on any atom is 0.251 e. The zero-order valence-corrected chi connectivity index (χ0v) is 24.5. The molecule has 6 aromatic rings. The molecule has 0 aliphatic rings. The molecule has 1 heterocycles. The van der Waals surface area contributed by atoms with Gasteiger partial charge in [0.1, 0.15) is 5.01 Å². The van der Waals surface area contributed by atoms with Gasteiger partial charge in [-0.2, -0.15) is 0 Å². The molecule has 1 atom stereocenters. The molecule has 210 valence electrons. The number of hydrogen-bond donors (Lipinski definition) is 4. The molecule has 0 saturated heterocycles. The standard InChI is InChI=1S/C33H32N8S/c1-4-21(2)34-29-17-18-30(26-10-6-5-9-25(26)29)35-31-19-20-32(28-12-8-7-11-27(28)31)39-37-23-13-15-24(16-14-23)38-41-33-40-36-22(3)42-33/h5-21,34-35,37,39H,4H2,1-3H3. The molecule has 5 aromatic carbocycles. The van der Waals surface area contributed by atoms with Crippen LogP contribution in [0, 0.1) is 6.92 Å². The van der Waals surface area contributed by atoms with Gasteiger partial charge in [0, 0.05) is 44.6 Å². The van der Waals surface area contributed by atoms with E-state index in [-0.39, 0.29) is 0 Å². The van der Waals surface area contributed by atoms with Gasteiger partial charge in [-0.25, -0.2) is 0 Å². The SMILES string of the molecule is CCC(C)Nc1ccc(Nc2ccc(NNc3ccc(N=Nc4nnc(C)s4)cc3)c3ccccc23)c2ccccc12. The summed E-state index contributed by atoms with van der Waals surface area (Å²) in [6, 6.07) is 33.6. The quantitative estimate of drug-likeness (QED) is 0.0963. The van der Waals surface area contributed by atoms with E-state index in [9.17, 15) is 0 Å². The molecule has 8 nitrogen and oxygen atoms in total. The van der Waals surface area contributed by atoms with Gasteiger partial charge in [-0.05, 0) is 68.8 Å². The second kappa shape index (κ2) is 12.2. The molecule has 42 heavy (non-hydrogen) atoms. The molecule has 0 spiro atoms. The Balaban J connectivity index is 1.20. The Morgan fingerprint density at radius 3 is 1.83 bits per heavy atom. The molecule has 9 heteroatoms. The van der Waals surface area contributed by atoms with Crippen LogP contribution in [0.25, 0.3) is 21.5 Å². The van der Waals surface area contributed by atoms with Crippen LogP contribution in [0.3, 0.4) is 0 Å². The van der Waals surface area contributed by atoms with E-state index in [1.54, 1.807) is 0 Å². The van der Waals surface area contributed by atoms with E-state index in [1.165, 1.54) is 22.1 Å². The number of nitrogens with one attached hydrogen (secondary N) is 4. The summed E-state index contributed by atoms with van der Waals surface area (Å²) in [6.07, 6.45) is 1.07. The number of rotatable bonds is 10. The first-order valence-corrected chi connectivity index (χ1v) is 14.8. The number of azo groups is 1. The predicted molar refractivity (Wildman–Crippen MR) is 177 cm³/mol. The molecule has 0 radical (unpaired) electrons. The molecule has 0 saturated carbocycles. The van der Waals surface area contributed by atoms with E-state index < -0.39 is 0 Å². The third-order valence-corrected chi connectivity index (χ3v) is 7.83. The van der Waals surface area contributed by atoms with Gasteiger partial charge in [0.25, 0.3) is 5.13 Å². The molecule has 1 unspecified atom stereocenters. The summed E-state index contributed by atoms with van der Waals surface area (Å²) < 4.78 is 0. The van der Waals surface area contributed by atoms with Gasteiger partial charge in [-0.3, -0.25) is 0 Å². The smallest absolute Gasteiger partial charge is 0.251 e. The third-order valence-electron chi connectivity index (χ3n) is 7.11. The number of aryl methyl sites for hydroxylation is 1. The van der Waals surface area contributed by atoms with Crippen LogP contribution in [0.5, 0.6) is 0 Å². The normalized spacial score (nSPS) is 12.1. The molecule has 4 N–H and O–H groups in total. The van der Waals surface area contributed by atoms with Crippen LogP contribution in [-0.4, -0.2) is 16.2 Å². The highest BCUT2D eigenvalue weighted by atomic mass is 32.1. The summed E-state index contributed by atoms with van der Waals surface area (Å²) in [6.45, 7) is 6.30. The summed E-state index contributed by atoms with van der Waals surface area (Å²) >= 11 is 1.41. The van der Waals surface area contributed by atoms with Crippen LogP contribution < -0.4 is 21.5 Å². The number of hydrogen-bond acceptors (Lipinski definition) is 9. The molecule has 0 aliphatic heterocycles. The van der Waals surface area contributed by atoms with E-state index in [0.29, 0.717) is 11.2 Å².